The highest BCUT2D eigenvalue weighted by atomic mass is 32.1. The first kappa shape index (κ1) is 6.21. The van der Waals surface area contributed by atoms with Gasteiger partial charge in [0, 0.05) is 7.05 Å². The molecule has 0 aliphatic rings. The van der Waals surface area contributed by atoms with E-state index in [9.17, 15) is 0 Å². The smallest absolute Gasteiger partial charge is 0.243 e. The standard InChI is InChI=1S/C3H7N5S/c1-5-2-6-7-3(9)8(2)4/h4H2,1H3,(H,5,6)(H,7,9). The van der Waals surface area contributed by atoms with E-state index in [1.807, 2.05) is 0 Å². The lowest BCUT2D eigenvalue weighted by atomic mass is 11.0. The van der Waals surface area contributed by atoms with E-state index in [-0.39, 0.29) is 0 Å². The molecular formula is C3H7N5S. The van der Waals surface area contributed by atoms with E-state index < -0.39 is 0 Å². The third-order valence-corrected chi connectivity index (χ3v) is 1.21. The summed E-state index contributed by atoms with van der Waals surface area (Å²) < 4.78 is 1.25. The van der Waals surface area contributed by atoms with E-state index in [1.54, 1.807) is 7.05 Å². The molecule has 9 heavy (non-hydrogen) atoms. The zero-order valence-corrected chi connectivity index (χ0v) is 5.76. The third-order valence-electron chi connectivity index (χ3n) is 0.901. The number of rotatable bonds is 1. The minimum Gasteiger partial charge on any atom is -0.356 e. The van der Waals surface area contributed by atoms with Gasteiger partial charge in [-0.05, 0) is 0 Å². The lowest BCUT2D eigenvalue weighted by molar-refractivity contribution is 0.854. The fourth-order valence-electron chi connectivity index (χ4n) is 0.454. The summed E-state index contributed by atoms with van der Waals surface area (Å²) in [6, 6.07) is 0. The van der Waals surface area contributed by atoms with Crippen LogP contribution in [0.5, 0.6) is 0 Å². The van der Waals surface area contributed by atoms with E-state index in [1.165, 1.54) is 4.68 Å². The molecule has 1 aromatic rings. The number of thiol groups is 1. The highest BCUT2D eigenvalue weighted by Crippen LogP contribution is 2.03. The molecule has 0 aromatic carbocycles. The van der Waals surface area contributed by atoms with Crippen molar-refractivity contribution in [3.63, 3.8) is 0 Å². The molecule has 0 radical (unpaired) electrons. The molecule has 0 spiro atoms. The molecule has 50 valence electrons. The maximum absolute atomic E-state index is 5.37. The van der Waals surface area contributed by atoms with Crippen molar-refractivity contribution in [2.24, 2.45) is 0 Å². The Morgan fingerprint density at radius 1 is 1.67 bits per heavy atom. The van der Waals surface area contributed by atoms with Gasteiger partial charge in [0.05, 0.1) is 0 Å². The van der Waals surface area contributed by atoms with Crippen LogP contribution >= 0.6 is 12.6 Å². The summed E-state index contributed by atoms with van der Waals surface area (Å²) >= 11 is 3.90. The Balaban J connectivity index is 3.04. The number of nitrogens with two attached hydrogens (primary N) is 1. The van der Waals surface area contributed by atoms with Crippen LogP contribution in [0, 0.1) is 0 Å². The number of anilines is 1. The minimum absolute atomic E-state index is 0.388. The van der Waals surface area contributed by atoms with Crippen molar-refractivity contribution in [2.75, 3.05) is 18.2 Å². The molecule has 6 heteroatoms. The number of hydrogen-bond acceptors (Lipinski definition) is 5. The molecule has 1 heterocycles. The topological polar surface area (TPSA) is 68.8 Å². The largest absolute Gasteiger partial charge is 0.356 e. The Hall–Kier alpha value is -0.910. The van der Waals surface area contributed by atoms with Gasteiger partial charge in [0.15, 0.2) is 0 Å². The average molecular weight is 145 g/mol. The summed E-state index contributed by atoms with van der Waals surface area (Å²) in [6.45, 7) is 0. The van der Waals surface area contributed by atoms with Crippen molar-refractivity contribution < 1.29 is 0 Å². The van der Waals surface area contributed by atoms with Gasteiger partial charge in [-0.15, -0.1) is 22.8 Å². The number of nitrogens with one attached hydrogen (secondary N) is 1. The van der Waals surface area contributed by atoms with Crippen LogP contribution in [0.25, 0.3) is 0 Å². The molecule has 0 atom stereocenters. The molecule has 0 saturated carbocycles. The van der Waals surface area contributed by atoms with Crippen LogP contribution in [0.3, 0.4) is 0 Å². The predicted molar refractivity (Wildman–Crippen MR) is 37.0 cm³/mol. The second kappa shape index (κ2) is 2.14. The fraction of sp³-hybridized carbons (Fsp3) is 0.333. The van der Waals surface area contributed by atoms with Crippen molar-refractivity contribution in [1.29, 1.82) is 0 Å². The number of nitrogens with zero attached hydrogens (tertiary/aromatic N) is 3. The maximum atomic E-state index is 5.37. The summed E-state index contributed by atoms with van der Waals surface area (Å²) in [7, 11) is 1.71. The predicted octanol–water partition coefficient (Wildman–Crippen LogP) is -0.678. The second-order valence-corrected chi connectivity index (χ2v) is 1.84. The quantitative estimate of drug-likeness (QED) is 0.362. The molecule has 0 unspecified atom stereocenters. The molecule has 0 bridgehead atoms. The second-order valence-electron chi connectivity index (χ2n) is 1.44. The minimum atomic E-state index is 0.388. The van der Waals surface area contributed by atoms with Crippen molar-refractivity contribution in [3.8, 4) is 0 Å². The first-order valence-corrected chi connectivity index (χ1v) is 2.77. The lowest BCUT2D eigenvalue weighted by Gasteiger charge is -1.96. The van der Waals surface area contributed by atoms with Crippen LogP contribution in [0.4, 0.5) is 5.95 Å². The fourth-order valence-corrected chi connectivity index (χ4v) is 0.593. The highest BCUT2D eigenvalue weighted by Gasteiger charge is 2.00. The molecule has 5 nitrogen and oxygen atoms in total. The van der Waals surface area contributed by atoms with Gasteiger partial charge in [-0.25, -0.2) is 4.68 Å². The molecule has 1 rings (SSSR count). The highest BCUT2D eigenvalue weighted by molar-refractivity contribution is 7.80. The van der Waals surface area contributed by atoms with E-state index in [0.29, 0.717) is 11.1 Å². The van der Waals surface area contributed by atoms with Gasteiger partial charge in [0.25, 0.3) is 0 Å². The van der Waals surface area contributed by atoms with Crippen molar-refractivity contribution >= 4 is 18.6 Å². The number of nitrogen functional groups attached to an aromatic ring is 1. The van der Waals surface area contributed by atoms with Gasteiger partial charge in [-0.1, -0.05) is 0 Å². The van der Waals surface area contributed by atoms with Crippen LogP contribution in [0.15, 0.2) is 5.16 Å². The molecule has 0 amide bonds. The van der Waals surface area contributed by atoms with Crippen LogP contribution in [0.1, 0.15) is 0 Å². The van der Waals surface area contributed by atoms with Crippen molar-refractivity contribution in [1.82, 2.24) is 14.9 Å². The summed E-state index contributed by atoms with van der Waals surface area (Å²) in [6.07, 6.45) is 0. The first-order valence-electron chi connectivity index (χ1n) is 2.33. The van der Waals surface area contributed by atoms with Crippen LogP contribution in [-0.2, 0) is 0 Å². The Morgan fingerprint density at radius 3 is 2.56 bits per heavy atom. The molecule has 3 N–H and O–H groups in total. The number of hydrogen-bond donors (Lipinski definition) is 3. The van der Waals surface area contributed by atoms with Gasteiger partial charge in [0.1, 0.15) is 0 Å². The van der Waals surface area contributed by atoms with E-state index >= 15 is 0 Å². The molecule has 0 fully saturated rings. The molecule has 0 saturated heterocycles. The van der Waals surface area contributed by atoms with Crippen molar-refractivity contribution in [2.45, 2.75) is 5.16 Å². The zero-order valence-electron chi connectivity index (χ0n) is 4.87. The summed E-state index contributed by atoms with van der Waals surface area (Å²) in [5.74, 6) is 5.87. The Labute approximate surface area is 57.6 Å². The van der Waals surface area contributed by atoms with Crippen LogP contribution in [0.2, 0.25) is 0 Å². The average Bonchev–Trinajstić information content (AvgIpc) is 2.15. The Bertz CT molecular complexity index is 206. The van der Waals surface area contributed by atoms with Gasteiger partial charge >= 0.3 is 0 Å². The monoisotopic (exact) mass is 145 g/mol. The molecule has 0 aliphatic carbocycles. The lowest BCUT2D eigenvalue weighted by Crippen LogP contribution is -2.12. The van der Waals surface area contributed by atoms with Crippen molar-refractivity contribution in [3.05, 3.63) is 0 Å². The molecule has 0 aliphatic heterocycles. The Morgan fingerprint density at radius 2 is 2.33 bits per heavy atom. The first-order chi connectivity index (χ1) is 4.25. The Kier molecular flexibility index (Phi) is 1.48. The summed E-state index contributed by atoms with van der Waals surface area (Å²) in [5, 5.41) is 10.3. The normalized spacial score (nSPS) is 9.56. The van der Waals surface area contributed by atoms with E-state index in [2.05, 4.69) is 28.1 Å². The SMILES string of the molecule is CNc1nnc(S)n1N. The zero-order chi connectivity index (χ0) is 6.85. The van der Waals surface area contributed by atoms with Gasteiger partial charge in [-0.2, -0.15) is 0 Å². The van der Waals surface area contributed by atoms with Crippen LogP contribution in [-0.4, -0.2) is 21.9 Å². The van der Waals surface area contributed by atoms with E-state index in [0.717, 1.165) is 0 Å². The van der Waals surface area contributed by atoms with E-state index in [4.69, 9.17) is 5.84 Å². The maximum Gasteiger partial charge on any atom is 0.243 e. The molecule has 1 aromatic heterocycles. The summed E-state index contributed by atoms with van der Waals surface area (Å²) in [4.78, 5) is 0. The number of aromatic nitrogens is 3. The van der Waals surface area contributed by atoms with Crippen LogP contribution < -0.4 is 11.2 Å². The van der Waals surface area contributed by atoms with Gasteiger partial charge in [0.2, 0.25) is 11.1 Å². The van der Waals surface area contributed by atoms with Gasteiger partial charge < -0.3 is 11.2 Å². The summed E-state index contributed by atoms with van der Waals surface area (Å²) in [5.41, 5.74) is 0. The molecular weight excluding hydrogens is 138 g/mol. The third kappa shape index (κ3) is 0.925. The van der Waals surface area contributed by atoms with Gasteiger partial charge in [-0.3, -0.25) is 0 Å².